The minimum absolute atomic E-state index is 0.0323. The van der Waals surface area contributed by atoms with Crippen molar-refractivity contribution in [3.63, 3.8) is 0 Å². The molecule has 0 aromatic carbocycles. The van der Waals surface area contributed by atoms with Crippen LogP contribution in [0, 0.1) is 12.8 Å². The van der Waals surface area contributed by atoms with E-state index in [1.165, 1.54) is 12.8 Å². The van der Waals surface area contributed by atoms with Crippen molar-refractivity contribution < 1.29 is 4.74 Å². The van der Waals surface area contributed by atoms with Crippen LogP contribution in [0.1, 0.15) is 30.0 Å². The van der Waals surface area contributed by atoms with Gasteiger partial charge in [0.25, 0.3) is 0 Å². The molecule has 1 aliphatic carbocycles. The highest BCUT2D eigenvalue weighted by Crippen LogP contribution is 2.39. The van der Waals surface area contributed by atoms with Crippen LogP contribution in [0.25, 0.3) is 0 Å². The molecule has 1 aromatic heterocycles. The summed E-state index contributed by atoms with van der Waals surface area (Å²) in [6.45, 7) is 2.03. The zero-order chi connectivity index (χ0) is 11.5. The predicted molar refractivity (Wildman–Crippen MR) is 62.6 cm³/mol. The first-order chi connectivity index (χ1) is 7.76. The van der Waals surface area contributed by atoms with E-state index in [9.17, 15) is 0 Å². The molecule has 1 heterocycles. The molecule has 1 aromatic rings. The lowest BCUT2D eigenvalue weighted by molar-refractivity contribution is 0.0505. The molecule has 4 nitrogen and oxygen atoms in total. The van der Waals surface area contributed by atoms with Crippen molar-refractivity contribution in [3.05, 3.63) is 29.6 Å². The zero-order valence-electron chi connectivity index (χ0n) is 9.81. The molecule has 2 unspecified atom stereocenters. The molecule has 1 fully saturated rings. The molecule has 0 amide bonds. The Labute approximate surface area is 96.2 Å². The van der Waals surface area contributed by atoms with E-state index in [2.05, 4.69) is 16.5 Å². The van der Waals surface area contributed by atoms with Crippen LogP contribution in [-0.4, -0.2) is 18.2 Å². The normalized spacial score (nSPS) is 19.4. The average molecular weight is 221 g/mol. The summed E-state index contributed by atoms with van der Waals surface area (Å²) in [5, 5.41) is 0. The SMILES string of the molecule is COC(C1CC1)C(NN)c1cncc(C)c1. The molecular weight excluding hydrogens is 202 g/mol. The van der Waals surface area contributed by atoms with Crippen molar-refractivity contribution in [1.82, 2.24) is 10.4 Å². The number of aryl methyl sites for hydroxylation is 1. The minimum atomic E-state index is 0.0323. The standard InChI is InChI=1S/C12H19N3O/c1-8-5-10(7-14-6-8)11(15-13)12(16-2)9-3-4-9/h5-7,9,11-12,15H,3-4,13H2,1-2H3. The molecule has 4 heteroatoms. The lowest BCUT2D eigenvalue weighted by Gasteiger charge is -2.25. The molecule has 16 heavy (non-hydrogen) atoms. The quantitative estimate of drug-likeness (QED) is 0.581. The third-order valence-electron chi connectivity index (χ3n) is 3.12. The van der Waals surface area contributed by atoms with Crippen LogP contribution < -0.4 is 11.3 Å². The van der Waals surface area contributed by atoms with E-state index in [-0.39, 0.29) is 12.1 Å². The van der Waals surface area contributed by atoms with E-state index >= 15 is 0 Å². The van der Waals surface area contributed by atoms with Crippen molar-refractivity contribution in [2.45, 2.75) is 31.9 Å². The van der Waals surface area contributed by atoms with Crippen LogP contribution in [0.15, 0.2) is 18.5 Å². The lowest BCUT2D eigenvalue weighted by atomic mass is 9.99. The Balaban J connectivity index is 2.20. The average Bonchev–Trinajstić information content (AvgIpc) is 3.09. The molecule has 1 saturated carbocycles. The van der Waals surface area contributed by atoms with E-state index < -0.39 is 0 Å². The fourth-order valence-electron chi connectivity index (χ4n) is 2.15. The van der Waals surface area contributed by atoms with Gasteiger partial charge in [0.1, 0.15) is 0 Å². The maximum atomic E-state index is 5.64. The Bertz CT molecular complexity index is 352. The highest BCUT2D eigenvalue weighted by molar-refractivity contribution is 5.21. The van der Waals surface area contributed by atoms with E-state index in [0.29, 0.717) is 5.92 Å². The van der Waals surface area contributed by atoms with Gasteiger partial charge in [-0.2, -0.15) is 0 Å². The van der Waals surface area contributed by atoms with Crippen LogP contribution in [0.4, 0.5) is 0 Å². The second kappa shape index (κ2) is 4.91. The molecule has 1 aliphatic rings. The van der Waals surface area contributed by atoms with E-state index in [1.54, 1.807) is 7.11 Å². The molecule has 0 bridgehead atoms. The Hall–Kier alpha value is -0.970. The highest BCUT2D eigenvalue weighted by Gasteiger charge is 2.37. The number of aromatic nitrogens is 1. The Morgan fingerprint density at radius 1 is 1.50 bits per heavy atom. The van der Waals surface area contributed by atoms with Crippen LogP contribution in [0.3, 0.4) is 0 Å². The number of nitrogens with zero attached hydrogens (tertiary/aromatic N) is 1. The summed E-state index contributed by atoms with van der Waals surface area (Å²) in [6, 6.07) is 2.14. The summed E-state index contributed by atoms with van der Waals surface area (Å²) in [5.74, 6) is 6.27. The van der Waals surface area contributed by atoms with Gasteiger partial charge in [0.2, 0.25) is 0 Å². The van der Waals surface area contributed by atoms with Crippen molar-refractivity contribution >= 4 is 0 Å². The smallest absolute Gasteiger partial charge is 0.0807 e. The van der Waals surface area contributed by atoms with Crippen molar-refractivity contribution in [2.75, 3.05) is 7.11 Å². The summed E-state index contributed by atoms with van der Waals surface area (Å²) in [7, 11) is 1.75. The molecular formula is C12H19N3O. The molecule has 0 saturated heterocycles. The number of pyridine rings is 1. The summed E-state index contributed by atoms with van der Waals surface area (Å²) < 4.78 is 5.55. The van der Waals surface area contributed by atoms with Crippen molar-refractivity contribution in [3.8, 4) is 0 Å². The van der Waals surface area contributed by atoms with Gasteiger partial charge in [0.15, 0.2) is 0 Å². The first-order valence-corrected chi connectivity index (χ1v) is 5.66. The van der Waals surface area contributed by atoms with E-state index in [1.807, 2.05) is 19.3 Å². The number of rotatable bonds is 5. The van der Waals surface area contributed by atoms with Gasteiger partial charge in [-0.05, 0) is 36.8 Å². The van der Waals surface area contributed by atoms with Gasteiger partial charge in [-0.1, -0.05) is 6.07 Å². The fraction of sp³-hybridized carbons (Fsp3) is 0.583. The maximum absolute atomic E-state index is 5.64. The number of hydrazine groups is 1. The molecule has 0 radical (unpaired) electrons. The van der Waals surface area contributed by atoms with Gasteiger partial charge >= 0.3 is 0 Å². The Morgan fingerprint density at radius 2 is 2.25 bits per heavy atom. The fourth-order valence-corrected chi connectivity index (χ4v) is 2.15. The monoisotopic (exact) mass is 221 g/mol. The van der Waals surface area contributed by atoms with Crippen LogP contribution in [-0.2, 0) is 4.74 Å². The van der Waals surface area contributed by atoms with Gasteiger partial charge in [-0.25, -0.2) is 0 Å². The second-order valence-corrected chi connectivity index (χ2v) is 4.48. The maximum Gasteiger partial charge on any atom is 0.0807 e. The molecule has 88 valence electrons. The topological polar surface area (TPSA) is 60.2 Å². The number of hydrogen-bond donors (Lipinski definition) is 2. The molecule has 2 atom stereocenters. The summed E-state index contributed by atoms with van der Waals surface area (Å²) in [5.41, 5.74) is 5.09. The van der Waals surface area contributed by atoms with E-state index in [4.69, 9.17) is 10.6 Å². The van der Waals surface area contributed by atoms with Gasteiger partial charge in [0, 0.05) is 19.5 Å². The largest absolute Gasteiger partial charge is 0.379 e. The van der Waals surface area contributed by atoms with Gasteiger partial charge in [-0.3, -0.25) is 16.3 Å². The zero-order valence-corrected chi connectivity index (χ0v) is 9.81. The molecule has 0 aliphatic heterocycles. The number of methoxy groups -OCH3 is 1. The van der Waals surface area contributed by atoms with Gasteiger partial charge < -0.3 is 4.74 Å². The number of ether oxygens (including phenoxy) is 1. The summed E-state index contributed by atoms with van der Waals surface area (Å²) in [6.07, 6.45) is 6.31. The molecule has 3 N–H and O–H groups in total. The Kier molecular flexibility index (Phi) is 3.53. The highest BCUT2D eigenvalue weighted by atomic mass is 16.5. The second-order valence-electron chi connectivity index (χ2n) is 4.48. The van der Waals surface area contributed by atoms with Crippen LogP contribution in [0.2, 0.25) is 0 Å². The third-order valence-corrected chi connectivity index (χ3v) is 3.12. The summed E-state index contributed by atoms with van der Waals surface area (Å²) >= 11 is 0. The van der Waals surface area contributed by atoms with Gasteiger partial charge in [0.05, 0.1) is 12.1 Å². The first-order valence-electron chi connectivity index (χ1n) is 5.66. The molecule has 2 rings (SSSR count). The van der Waals surface area contributed by atoms with Crippen molar-refractivity contribution in [1.29, 1.82) is 0 Å². The number of hydrogen-bond acceptors (Lipinski definition) is 4. The number of nitrogens with one attached hydrogen (secondary N) is 1. The van der Waals surface area contributed by atoms with Crippen LogP contribution in [0.5, 0.6) is 0 Å². The van der Waals surface area contributed by atoms with Crippen LogP contribution >= 0.6 is 0 Å². The van der Waals surface area contributed by atoms with E-state index in [0.717, 1.165) is 11.1 Å². The minimum Gasteiger partial charge on any atom is -0.379 e. The lowest BCUT2D eigenvalue weighted by Crippen LogP contribution is -2.38. The van der Waals surface area contributed by atoms with Crippen molar-refractivity contribution in [2.24, 2.45) is 11.8 Å². The molecule has 0 spiro atoms. The predicted octanol–water partition coefficient (Wildman–Crippen LogP) is 1.32. The number of nitrogens with two attached hydrogens (primary N) is 1. The summed E-state index contributed by atoms with van der Waals surface area (Å²) in [4.78, 5) is 4.20. The van der Waals surface area contributed by atoms with Gasteiger partial charge in [-0.15, -0.1) is 0 Å². The third kappa shape index (κ3) is 2.40. The Morgan fingerprint density at radius 3 is 2.75 bits per heavy atom. The first kappa shape index (κ1) is 11.5.